The van der Waals surface area contributed by atoms with Gasteiger partial charge in [-0.2, -0.15) is 0 Å². The summed E-state index contributed by atoms with van der Waals surface area (Å²) in [4.78, 5) is 24.7. The summed E-state index contributed by atoms with van der Waals surface area (Å²) in [7, 11) is 0. The molecular weight excluding hydrogens is 1150 g/mol. The first kappa shape index (κ1) is 88.0. The zero-order valence-corrected chi connectivity index (χ0v) is 60.1. The Morgan fingerprint density at radius 2 is 0.426 bits per heavy atom. The van der Waals surface area contributed by atoms with E-state index in [0.29, 0.717) is 12.8 Å². The van der Waals surface area contributed by atoms with Gasteiger partial charge in [-0.25, -0.2) is 0 Å². The highest BCUT2D eigenvalue weighted by molar-refractivity contribution is 5.70. The number of ether oxygens (including phenoxy) is 2. The Morgan fingerprint density at radius 1 is 0.245 bits per heavy atom. The van der Waals surface area contributed by atoms with Gasteiger partial charge in [-0.3, -0.25) is 9.59 Å². The lowest BCUT2D eigenvalue weighted by atomic mass is 10.0. The summed E-state index contributed by atoms with van der Waals surface area (Å²) in [5.74, 6) is -0.628. The molecule has 0 aromatic carbocycles. The zero-order chi connectivity index (χ0) is 67.5. The van der Waals surface area contributed by atoms with Crippen LogP contribution in [0.1, 0.15) is 296 Å². The summed E-state index contributed by atoms with van der Waals surface area (Å²) >= 11 is 0. The van der Waals surface area contributed by atoms with Crippen molar-refractivity contribution in [3.05, 3.63) is 231 Å². The summed E-state index contributed by atoms with van der Waals surface area (Å²) in [6, 6.07) is 0. The minimum absolute atomic E-state index is 0.0883. The molecule has 524 valence electrons. The summed E-state index contributed by atoms with van der Waals surface area (Å²) in [5.41, 5.74) is 0. The lowest BCUT2D eigenvalue weighted by molar-refractivity contribution is -0.161. The third-order valence-electron chi connectivity index (χ3n) is 15.5. The van der Waals surface area contributed by atoms with Gasteiger partial charge in [0, 0.05) is 12.8 Å². The van der Waals surface area contributed by atoms with Gasteiger partial charge in [-0.05, 0) is 161 Å². The maximum atomic E-state index is 12.4. The minimum atomic E-state index is -0.803. The van der Waals surface area contributed by atoms with Gasteiger partial charge < -0.3 is 14.6 Å². The number of rotatable bonds is 67. The van der Waals surface area contributed by atoms with Crippen molar-refractivity contribution in [2.45, 2.75) is 302 Å². The molecule has 0 aromatic heterocycles. The molecule has 1 atom stereocenters. The van der Waals surface area contributed by atoms with Crippen molar-refractivity contribution >= 4 is 11.9 Å². The van der Waals surface area contributed by atoms with Crippen LogP contribution in [0.4, 0.5) is 0 Å². The van der Waals surface area contributed by atoms with Crippen LogP contribution in [-0.4, -0.2) is 36.4 Å². The van der Waals surface area contributed by atoms with Crippen molar-refractivity contribution in [2.24, 2.45) is 0 Å². The summed E-state index contributed by atoms with van der Waals surface area (Å²) in [6.45, 7) is 3.89. The first-order chi connectivity index (χ1) is 46.6. The van der Waals surface area contributed by atoms with Gasteiger partial charge in [0.1, 0.15) is 6.61 Å². The van der Waals surface area contributed by atoms with E-state index in [2.05, 4.69) is 245 Å². The van der Waals surface area contributed by atoms with Crippen molar-refractivity contribution in [3.63, 3.8) is 0 Å². The molecule has 0 radical (unpaired) electrons. The Morgan fingerprint density at radius 3 is 0.638 bits per heavy atom. The van der Waals surface area contributed by atoms with Crippen LogP contribution >= 0.6 is 0 Å². The second-order valence-corrected chi connectivity index (χ2v) is 24.3. The van der Waals surface area contributed by atoms with Crippen molar-refractivity contribution in [3.8, 4) is 0 Å². The van der Waals surface area contributed by atoms with E-state index in [0.717, 1.165) is 173 Å². The lowest BCUT2D eigenvalue weighted by Crippen LogP contribution is -2.28. The van der Waals surface area contributed by atoms with Gasteiger partial charge in [0.25, 0.3) is 0 Å². The summed E-state index contributed by atoms with van der Waals surface area (Å²) in [5, 5.41) is 9.72. The van der Waals surface area contributed by atoms with E-state index < -0.39 is 6.10 Å². The quantitative estimate of drug-likeness (QED) is 0.0373. The van der Waals surface area contributed by atoms with Crippen molar-refractivity contribution in [1.82, 2.24) is 0 Å². The topological polar surface area (TPSA) is 72.8 Å². The molecule has 0 bridgehead atoms. The molecule has 0 aliphatic carbocycles. The number of hydrogen-bond donors (Lipinski definition) is 1. The Labute approximate surface area is 579 Å². The molecule has 94 heavy (non-hydrogen) atoms. The number of aliphatic hydroxyl groups excluding tert-OH is 1. The molecular formula is C89H138O5. The normalized spacial score (nSPS) is 13.6. The van der Waals surface area contributed by atoms with Gasteiger partial charge >= 0.3 is 11.9 Å². The second kappa shape index (κ2) is 81.2. The fourth-order valence-corrected chi connectivity index (χ4v) is 9.87. The maximum Gasteiger partial charge on any atom is 0.306 e. The zero-order valence-electron chi connectivity index (χ0n) is 60.1. The molecule has 0 heterocycles. The van der Waals surface area contributed by atoms with Crippen LogP contribution in [0.3, 0.4) is 0 Å². The molecule has 0 rings (SSSR count). The van der Waals surface area contributed by atoms with E-state index in [1.807, 2.05) is 0 Å². The van der Waals surface area contributed by atoms with Gasteiger partial charge in [0.2, 0.25) is 0 Å². The smallest absolute Gasteiger partial charge is 0.306 e. The molecule has 0 aliphatic rings. The molecule has 0 spiro atoms. The van der Waals surface area contributed by atoms with E-state index in [1.54, 1.807) is 0 Å². The highest BCUT2D eigenvalue weighted by atomic mass is 16.6. The van der Waals surface area contributed by atoms with Crippen LogP contribution in [0.25, 0.3) is 0 Å². The molecule has 5 heteroatoms. The number of allylic oxidation sites excluding steroid dienone is 38. The number of carbonyl (C=O) groups is 2. The standard InChI is InChI=1S/C89H138O5/c1-3-5-7-9-11-13-15-17-19-21-23-25-27-29-31-33-35-37-39-41-43-44-46-48-50-52-54-56-58-60-62-64-66-68-70-72-74-76-78-80-82-84-89(92)94-87(85-90)86-93-88(91)83-81-79-77-75-73-71-69-67-65-63-61-59-57-55-53-51-49-47-45-42-40-38-36-34-32-30-28-26-24-22-20-18-16-14-12-10-8-6-4-2/h5-8,11-14,17-20,23-26,29-32,35-38,41-43,45-46,48,52,54,58,60,64,66,70,72,87,90H,3-4,9-10,15-16,21-22,27-28,33-34,39-40,44,47,49-51,53,55-57,59,61-63,65,67-69,71,73-86H2,1-2H3/b7-5-,8-6-,13-11-,14-12-,19-17-,20-18-,25-23-,26-24-,31-29-,32-30-,37-35-,38-36-,43-41-,45-42-,48-46-,54-52-,60-58-,66-64-,72-70-. The predicted octanol–water partition coefficient (Wildman–Crippen LogP) is 27.2. The Balaban J connectivity index is 3.61. The second-order valence-electron chi connectivity index (χ2n) is 24.3. The van der Waals surface area contributed by atoms with E-state index in [-0.39, 0.29) is 25.2 Å². The summed E-state index contributed by atoms with van der Waals surface area (Å²) in [6.07, 6.45) is 132. The number of esters is 2. The van der Waals surface area contributed by atoms with E-state index in [1.165, 1.54) is 96.3 Å². The molecule has 1 N–H and O–H groups in total. The van der Waals surface area contributed by atoms with E-state index >= 15 is 0 Å². The third kappa shape index (κ3) is 78.4. The monoisotopic (exact) mass is 1290 g/mol. The highest BCUT2D eigenvalue weighted by Gasteiger charge is 2.16. The molecule has 0 saturated carbocycles. The van der Waals surface area contributed by atoms with Gasteiger partial charge in [0.15, 0.2) is 6.10 Å². The molecule has 0 saturated heterocycles. The molecule has 0 aromatic rings. The minimum Gasteiger partial charge on any atom is -0.462 e. The molecule has 0 fully saturated rings. The average molecular weight is 1290 g/mol. The predicted molar refractivity (Wildman–Crippen MR) is 416 cm³/mol. The Kier molecular flexibility index (Phi) is 76.0. The lowest BCUT2D eigenvalue weighted by Gasteiger charge is -2.15. The molecule has 5 nitrogen and oxygen atoms in total. The van der Waals surface area contributed by atoms with Crippen LogP contribution in [-0.2, 0) is 19.1 Å². The average Bonchev–Trinajstić information content (AvgIpc) is 3.77. The summed E-state index contributed by atoms with van der Waals surface area (Å²) < 4.78 is 10.7. The first-order valence-corrected chi connectivity index (χ1v) is 37.9. The maximum absolute atomic E-state index is 12.4. The van der Waals surface area contributed by atoms with Crippen LogP contribution in [0.2, 0.25) is 0 Å². The third-order valence-corrected chi connectivity index (χ3v) is 15.5. The number of aliphatic hydroxyl groups is 1. The molecule has 1 unspecified atom stereocenters. The van der Waals surface area contributed by atoms with Crippen LogP contribution in [0.15, 0.2) is 231 Å². The van der Waals surface area contributed by atoms with Crippen molar-refractivity contribution in [1.29, 1.82) is 0 Å². The largest absolute Gasteiger partial charge is 0.462 e. The van der Waals surface area contributed by atoms with E-state index in [4.69, 9.17) is 9.47 Å². The van der Waals surface area contributed by atoms with Gasteiger partial charge in [-0.15, -0.1) is 0 Å². The number of hydrogen-bond acceptors (Lipinski definition) is 5. The Hall–Kier alpha value is -6.04. The van der Waals surface area contributed by atoms with E-state index in [9.17, 15) is 14.7 Å². The number of carbonyl (C=O) groups excluding carboxylic acids is 2. The fourth-order valence-electron chi connectivity index (χ4n) is 9.87. The molecule has 0 aliphatic heterocycles. The van der Waals surface area contributed by atoms with Crippen molar-refractivity contribution < 1.29 is 24.2 Å². The molecule has 0 amide bonds. The van der Waals surface area contributed by atoms with Crippen molar-refractivity contribution in [2.75, 3.05) is 13.2 Å². The fraction of sp³-hybridized carbons (Fsp3) is 0.551. The highest BCUT2D eigenvalue weighted by Crippen LogP contribution is 2.16. The SMILES string of the molecule is CC/C=C\C/C=C\C/C=C\C/C=C\C/C=C\C/C=C\C/C=C\C/C=C\C/C=C\C/C=C\C/C=C\C/C=C\CCCCCCC(=O)OC(CO)COC(=O)CCCCCCCCCCCCCCCCCCC/C=C\C/C=C\C/C=C\C/C=C\C/C=C\C/C=C\C/C=C\CC. The van der Waals surface area contributed by atoms with Crippen LogP contribution in [0.5, 0.6) is 0 Å². The van der Waals surface area contributed by atoms with Gasteiger partial charge in [0.05, 0.1) is 6.61 Å². The van der Waals surface area contributed by atoms with Crippen LogP contribution in [0, 0.1) is 0 Å². The first-order valence-electron chi connectivity index (χ1n) is 37.9. The van der Waals surface area contributed by atoms with Crippen LogP contribution < -0.4 is 0 Å². The number of unbranched alkanes of at least 4 members (excludes halogenated alkanes) is 21. The Bertz CT molecular complexity index is 2250. The van der Waals surface area contributed by atoms with Gasteiger partial charge in [-0.1, -0.05) is 354 Å².